The summed E-state index contributed by atoms with van der Waals surface area (Å²) in [7, 11) is -4.03. The summed E-state index contributed by atoms with van der Waals surface area (Å²) in [5.41, 5.74) is 1.32. The van der Waals surface area contributed by atoms with Crippen LogP contribution in [0.25, 0.3) is 16.5 Å². The van der Waals surface area contributed by atoms with E-state index in [1.54, 1.807) is 25.1 Å². The zero-order valence-electron chi connectivity index (χ0n) is 20.8. The Hall–Kier alpha value is -3.49. The lowest BCUT2D eigenvalue weighted by Gasteiger charge is -2.31. The van der Waals surface area contributed by atoms with Gasteiger partial charge in [0.2, 0.25) is 10.0 Å². The molecule has 200 valence electrons. The quantitative estimate of drug-likeness (QED) is 0.376. The number of hydrogen-bond acceptors (Lipinski definition) is 7. The van der Waals surface area contributed by atoms with Gasteiger partial charge in [-0.1, -0.05) is 36.1 Å². The highest BCUT2D eigenvalue weighted by Gasteiger charge is 2.22. The zero-order chi connectivity index (χ0) is 27.4. The number of ether oxygens (including phenoxy) is 1. The van der Waals surface area contributed by atoms with Crippen LogP contribution in [0.5, 0.6) is 11.5 Å². The maximum Gasteiger partial charge on any atom is 0.251 e. The van der Waals surface area contributed by atoms with Gasteiger partial charge in [0.1, 0.15) is 28.2 Å². The van der Waals surface area contributed by atoms with Crippen molar-refractivity contribution in [1.29, 1.82) is 0 Å². The van der Waals surface area contributed by atoms with Gasteiger partial charge in [0.15, 0.2) is 11.5 Å². The molecular formula is C27H28ClN3O6S. The van der Waals surface area contributed by atoms with Crippen LogP contribution in [0.3, 0.4) is 0 Å². The number of allylic oxidation sites excluding steroid dienone is 1. The molecule has 1 aliphatic heterocycles. The first-order valence-corrected chi connectivity index (χ1v) is 13.8. The fourth-order valence-electron chi connectivity index (χ4n) is 4.21. The predicted molar refractivity (Wildman–Crippen MR) is 146 cm³/mol. The number of hydrogen-bond donors (Lipinski definition) is 3. The first kappa shape index (κ1) is 27.5. The van der Waals surface area contributed by atoms with Crippen molar-refractivity contribution in [2.45, 2.75) is 30.7 Å². The number of piperidine rings is 1. The average Bonchev–Trinajstić information content (AvgIpc) is 3.22. The van der Waals surface area contributed by atoms with Crippen LogP contribution in [0.1, 0.15) is 35.9 Å². The number of fused-ring (bicyclic) bond motifs is 1. The van der Waals surface area contributed by atoms with Crippen molar-refractivity contribution >= 4 is 44.1 Å². The molecule has 2 aromatic carbocycles. The van der Waals surface area contributed by atoms with Crippen LogP contribution in [-0.2, 0) is 10.0 Å². The van der Waals surface area contributed by atoms with Crippen LogP contribution < -0.4 is 15.2 Å². The van der Waals surface area contributed by atoms with E-state index < -0.39 is 10.0 Å². The number of nitrogens with two attached hydrogens (primary N) is 1. The Morgan fingerprint density at radius 1 is 1.29 bits per heavy atom. The summed E-state index contributed by atoms with van der Waals surface area (Å²) in [5, 5.41) is 19.0. The maximum atomic E-state index is 12.6. The van der Waals surface area contributed by atoms with Gasteiger partial charge in [0, 0.05) is 24.7 Å². The topological polar surface area (TPSA) is 135 Å². The number of sulfonamides is 1. The first-order chi connectivity index (χ1) is 18.0. The summed E-state index contributed by atoms with van der Waals surface area (Å²) in [6.45, 7) is 7.77. The summed E-state index contributed by atoms with van der Waals surface area (Å²) in [5.74, 6) is 6.55. The number of rotatable bonds is 7. The number of carbonyl (C=O) groups excluding carboxylic acids is 1. The number of likely N-dealkylation sites (tertiary alicyclic amines) is 1. The number of furan rings is 1. The molecule has 1 saturated heterocycles. The van der Waals surface area contributed by atoms with Crippen molar-refractivity contribution in [3.8, 4) is 23.3 Å². The SMILES string of the molecule is C=C(C)c1oc2cccc(OCC#CCN3CCC(NC(=O)c4ccc(Cl)c(S(N)(=O)=O)c4)CC3)c2c1O. The van der Waals surface area contributed by atoms with Crippen molar-refractivity contribution < 1.29 is 27.5 Å². The lowest BCUT2D eigenvalue weighted by Crippen LogP contribution is -2.44. The van der Waals surface area contributed by atoms with Crippen molar-refractivity contribution in [2.24, 2.45) is 5.14 Å². The second-order valence-electron chi connectivity index (χ2n) is 9.05. The average molecular weight is 558 g/mol. The van der Waals surface area contributed by atoms with Crippen LogP contribution >= 0.6 is 11.6 Å². The highest BCUT2D eigenvalue weighted by molar-refractivity contribution is 7.89. The second-order valence-corrected chi connectivity index (χ2v) is 11.0. The fraction of sp³-hybridized carbons (Fsp3) is 0.296. The van der Waals surface area contributed by atoms with Crippen molar-refractivity contribution in [3.05, 3.63) is 59.3 Å². The number of benzene rings is 2. The van der Waals surface area contributed by atoms with Gasteiger partial charge in [-0.3, -0.25) is 9.69 Å². The van der Waals surface area contributed by atoms with E-state index in [1.165, 1.54) is 18.2 Å². The Kier molecular flexibility index (Phi) is 8.33. The van der Waals surface area contributed by atoms with E-state index in [4.69, 9.17) is 25.9 Å². The van der Waals surface area contributed by atoms with Gasteiger partial charge >= 0.3 is 0 Å². The number of primary sulfonamides is 1. The third-order valence-electron chi connectivity index (χ3n) is 6.19. The Balaban J connectivity index is 1.25. The molecule has 0 aliphatic carbocycles. The molecule has 4 N–H and O–H groups in total. The number of nitrogens with zero attached hydrogens (tertiary/aromatic N) is 1. The number of nitrogens with one attached hydrogen (secondary N) is 1. The highest BCUT2D eigenvalue weighted by Crippen LogP contribution is 2.40. The van der Waals surface area contributed by atoms with Gasteiger partial charge in [-0.2, -0.15) is 0 Å². The molecule has 1 aliphatic rings. The Labute approximate surface area is 226 Å². The highest BCUT2D eigenvalue weighted by atomic mass is 35.5. The Morgan fingerprint density at radius 2 is 2.03 bits per heavy atom. The van der Waals surface area contributed by atoms with E-state index in [2.05, 4.69) is 28.6 Å². The van der Waals surface area contributed by atoms with Crippen molar-refractivity contribution in [3.63, 3.8) is 0 Å². The van der Waals surface area contributed by atoms with E-state index >= 15 is 0 Å². The molecule has 9 nitrogen and oxygen atoms in total. The summed E-state index contributed by atoms with van der Waals surface area (Å²) >= 11 is 5.89. The summed E-state index contributed by atoms with van der Waals surface area (Å²) in [6.07, 6.45) is 1.46. The molecule has 11 heteroatoms. The standard InChI is InChI=1S/C27H28ClN3O6S/c1-17(2)26-25(32)24-21(6-5-7-22(24)37-26)36-15-4-3-12-31-13-10-19(11-14-31)30-27(33)18-8-9-20(28)23(16-18)38(29,34)35/h5-9,16,19,32H,1,10-15H2,2H3,(H,30,33)(H2,29,34,35). The molecule has 0 bridgehead atoms. The predicted octanol–water partition coefficient (Wildman–Crippen LogP) is 3.75. The fourth-order valence-corrected chi connectivity index (χ4v) is 5.28. The molecule has 0 unspecified atom stereocenters. The third kappa shape index (κ3) is 6.31. The van der Waals surface area contributed by atoms with E-state index in [0.717, 1.165) is 25.9 Å². The number of aromatic hydroxyl groups is 1. The molecule has 4 rings (SSSR count). The minimum Gasteiger partial charge on any atom is -0.504 e. The lowest BCUT2D eigenvalue weighted by atomic mass is 10.0. The Morgan fingerprint density at radius 3 is 2.71 bits per heavy atom. The number of amides is 1. The van der Waals surface area contributed by atoms with Gasteiger partial charge in [-0.25, -0.2) is 13.6 Å². The largest absolute Gasteiger partial charge is 0.504 e. The van der Waals surface area contributed by atoms with Gasteiger partial charge in [-0.15, -0.1) is 0 Å². The van der Waals surface area contributed by atoms with Crippen LogP contribution in [0.2, 0.25) is 5.02 Å². The maximum absolute atomic E-state index is 12.6. The van der Waals surface area contributed by atoms with Crippen LogP contribution in [0.15, 0.2) is 52.3 Å². The number of carbonyl (C=O) groups is 1. The monoisotopic (exact) mass is 557 g/mol. The molecule has 1 amide bonds. The Bertz CT molecular complexity index is 1550. The van der Waals surface area contributed by atoms with Crippen LogP contribution in [-0.4, -0.2) is 56.6 Å². The minimum atomic E-state index is -4.03. The normalized spacial score (nSPS) is 14.6. The molecule has 2 heterocycles. The first-order valence-electron chi connectivity index (χ1n) is 11.9. The van der Waals surface area contributed by atoms with Crippen molar-refractivity contribution in [2.75, 3.05) is 26.2 Å². The van der Waals surface area contributed by atoms with Gasteiger partial charge < -0.3 is 19.6 Å². The van der Waals surface area contributed by atoms with Crippen LogP contribution in [0.4, 0.5) is 0 Å². The van der Waals surface area contributed by atoms with Gasteiger partial charge in [0.05, 0.1) is 11.6 Å². The van der Waals surface area contributed by atoms with E-state index in [-0.39, 0.29) is 39.8 Å². The van der Waals surface area contributed by atoms with Crippen molar-refractivity contribution in [1.82, 2.24) is 10.2 Å². The molecule has 0 spiro atoms. The molecule has 1 aromatic heterocycles. The van der Waals surface area contributed by atoms with E-state index in [9.17, 15) is 18.3 Å². The lowest BCUT2D eigenvalue weighted by molar-refractivity contribution is 0.0914. The molecule has 0 saturated carbocycles. The third-order valence-corrected chi connectivity index (χ3v) is 7.58. The summed E-state index contributed by atoms with van der Waals surface area (Å²) < 4.78 is 34.8. The molecule has 38 heavy (non-hydrogen) atoms. The van der Waals surface area contributed by atoms with E-state index in [1.807, 2.05) is 0 Å². The molecule has 0 radical (unpaired) electrons. The minimum absolute atomic E-state index is 0.00642. The summed E-state index contributed by atoms with van der Waals surface area (Å²) in [6, 6.07) is 9.24. The smallest absolute Gasteiger partial charge is 0.251 e. The molecule has 1 fully saturated rings. The molecule has 0 atom stereocenters. The van der Waals surface area contributed by atoms with Crippen LogP contribution in [0, 0.1) is 11.8 Å². The number of halogens is 1. The van der Waals surface area contributed by atoms with Gasteiger partial charge in [0.25, 0.3) is 5.91 Å². The summed E-state index contributed by atoms with van der Waals surface area (Å²) in [4.78, 5) is 14.5. The second kappa shape index (κ2) is 11.5. The zero-order valence-corrected chi connectivity index (χ0v) is 22.4. The molecular weight excluding hydrogens is 530 g/mol. The van der Waals surface area contributed by atoms with E-state index in [0.29, 0.717) is 34.6 Å². The molecule has 3 aromatic rings. The van der Waals surface area contributed by atoms with Gasteiger partial charge in [-0.05, 0) is 55.7 Å².